The maximum absolute atomic E-state index is 6.08. The van der Waals surface area contributed by atoms with Crippen LogP contribution in [0.3, 0.4) is 0 Å². The highest BCUT2D eigenvalue weighted by molar-refractivity contribution is 6.36. The van der Waals surface area contributed by atoms with Gasteiger partial charge in [-0.25, -0.2) is 0 Å². The second kappa shape index (κ2) is 11.6. The van der Waals surface area contributed by atoms with Crippen molar-refractivity contribution in [3.05, 3.63) is 0 Å². The van der Waals surface area contributed by atoms with Gasteiger partial charge < -0.3 is 18.4 Å². The van der Waals surface area contributed by atoms with Crippen LogP contribution >= 0.6 is 0 Å². The summed E-state index contributed by atoms with van der Waals surface area (Å²) in [6, 6.07) is 0. The van der Waals surface area contributed by atoms with Crippen LogP contribution in [0.5, 0.6) is 0 Å². The highest BCUT2D eigenvalue weighted by atomic mass is 16.7. The minimum absolute atomic E-state index is 0.105. The van der Waals surface area contributed by atoms with Crippen molar-refractivity contribution in [1.29, 1.82) is 0 Å². The van der Waals surface area contributed by atoms with Crippen LogP contribution in [0.4, 0.5) is 0 Å². The van der Waals surface area contributed by atoms with E-state index in [0.29, 0.717) is 13.2 Å². The molecule has 0 saturated heterocycles. The molecule has 0 N–H and O–H groups in total. The number of hydrogen-bond acceptors (Lipinski definition) is 3. The Morgan fingerprint density at radius 1 is 0.850 bits per heavy atom. The summed E-state index contributed by atoms with van der Waals surface area (Å²) in [5, 5.41) is 0. The third-order valence-electron chi connectivity index (χ3n) is 3.17. The average molecular weight is 288 g/mol. The molecule has 1 unspecified atom stereocenters. The molecule has 4 nitrogen and oxygen atoms in total. The molecule has 0 aromatic heterocycles. The standard InChI is InChI=1S/C15H35BNO3/c1-7-10-13-18-16(19-14-11-8-2)20-15(12-9-3)17(4,5)6/h15H,7-14H2,1-6H3/q+1. The molecule has 0 radical (unpaired) electrons. The first-order valence-corrected chi connectivity index (χ1v) is 8.15. The topological polar surface area (TPSA) is 27.7 Å². The highest BCUT2D eigenvalue weighted by Crippen LogP contribution is 2.14. The normalized spacial score (nSPS) is 13.5. The molecule has 120 valence electrons. The van der Waals surface area contributed by atoms with Gasteiger partial charge in [-0.3, -0.25) is 0 Å². The van der Waals surface area contributed by atoms with Gasteiger partial charge in [-0.15, -0.1) is 0 Å². The monoisotopic (exact) mass is 288 g/mol. The Balaban J connectivity index is 4.39. The Hall–Kier alpha value is -0.0951. The van der Waals surface area contributed by atoms with E-state index in [1.807, 2.05) is 0 Å². The van der Waals surface area contributed by atoms with E-state index in [9.17, 15) is 0 Å². The SMILES string of the molecule is CCCCOB(OCCCC)OC(CCC)[N+](C)(C)C. The third-order valence-corrected chi connectivity index (χ3v) is 3.17. The number of quaternary nitrogens is 1. The van der Waals surface area contributed by atoms with Gasteiger partial charge in [-0.2, -0.15) is 0 Å². The molecule has 20 heavy (non-hydrogen) atoms. The lowest BCUT2D eigenvalue weighted by atomic mass is 10.1. The lowest BCUT2D eigenvalue weighted by Crippen LogP contribution is -2.50. The fourth-order valence-corrected chi connectivity index (χ4v) is 1.79. The average Bonchev–Trinajstić information content (AvgIpc) is 2.37. The van der Waals surface area contributed by atoms with Crippen LogP contribution < -0.4 is 0 Å². The van der Waals surface area contributed by atoms with Crippen molar-refractivity contribution < 1.29 is 18.4 Å². The summed E-state index contributed by atoms with van der Waals surface area (Å²) in [7, 11) is 5.92. The molecule has 5 heteroatoms. The van der Waals surface area contributed by atoms with Crippen LogP contribution in [-0.4, -0.2) is 52.4 Å². The van der Waals surface area contributed by atoms with E-state index in [2.05, 4.69) is 41.9 Å². The maximum Gasteiger partial charge on any atom is 0.643 e. The maximum atomic E-state index is 6.08. The fourth-order valence-electron chi connectivity index (χ4n) is 1.79. The lowest BCUT2D eigenvalue weighted by molar-refractivity contribution is -0.916. The Bertz CT molecular complexity index is 212. The van der Waals surface area contributed by atoms with Crippen LogP contribution in [0.1, 0.15) is 59.3 Å². The fraction of sp³-hybridized carbons (Fsp3) is 1.00. The van der Waals surface area contributed by atoms with E-state index in [0.717, 1.165) is 43.0 Å². The molecular formula is C15H35BNO3+. The second-order valence-corrected chi connectivity index (χ2v) is 6.23. The summed E-state index contributed by atoms with van der Waals surface area (Å²) in [6.45, 7) is 7.88. The van der Waals surface area contributed by atoms with Crippen molar-refractivity contribution in [3.63, 3.8) is 0 Å². The quantitative estimate of drug-likeness (QED) is 0.225. The van der Waals surface area contributed by atoms with Crippen molar-refractivity contribution in [2.45, 2.75) is 65.5 Å². The van der Waals surface area contributed by atoms with Gasteiger partial charge in [0.1, 0.15) is 0 Å². The van der Waals surface area contributed by atoms with E-state index in [1.54, 1.807) is 0 Å². The number of unbranched alkanes of at least 4 members (excludes halogenated alkanes) is 2. The first-order valence-electron chi connectivity index (χ1n) is 8.15. The van der Waals surface area contributed by atoms with Crippen LogP contribution in [0.15, 0.2) is 0 Å². The summed E-state index contributed by atoms with van der Waals surface area (Å²) in [6.07, 6.45) is 6.53. The van der Waals surface area contributed by atoms with Gasteiger partial charge >= 0.3 is 7.32 Å². The Labute approximate surface area is 126 Å². The lowest BCUT2D eigenvalue weighted by Gasteiger charge is -2.34. The minimum Gasteiger partial charge on any atom is -0.386 e. The first kappa shape index (κ1) is 19.9. The summed E-state index contributed by atoms with van der Waals surface area (Å²) >= 11 is 0. The molecule has 0 spiro atoms. The predicted octanol–water partition coefficient (Wildman–Crippen LogP) is 3.45. The molecule has 0 aliphatic rings. The van der Waals surface area contributed by atoms with Gasteiger partial charge in [0.05, 0.1) is 21.1 Å². The Morgan fingerprint density at radius 3 is 1.70 bits per heavy atom. The van der Waals surface area contributed by atoms with E-state index in [4.69, 9.17) is 14.0 Å². The molecule has 0 rings (SSSR count). The first-order chi connectivity index (χ1) is 9.45. The molecule has 0 aliphatic heterocycles. The molecule has 0 fully saturated rings. The van der Waals surface area contributed by atoms with Gasteiger partial charge in [0.15, 0.2) is 6.23 Å². The Morgan fingerprint density at radius 2 is 1.35 bits per heavy atom. The molecule has 0 amide bonds. The van der Waals surface area contributed by atoms with Crippen molar-refractivity contribution in [3.8, 4) is 0 Å². The van der Waals surface area contributed by atoms with Crippen LogP contribution in [0.2, 0.25) is 0 Å². The zero-order valence-electron chi connectivity index (χ0n) is 14.5. The second-order valence-electron chi connectivity index (χ2n) is 6.23. The van der Waals surface area contributed by atoms with Crippen LogP contribution in [0, 0.1) is 0 Å². The molecule has 0 saturated carbocycles. The van der Waals surface area contributed by atoms with E-state index in [1.165, 1.54) is 0 Å². The molecule has 1 atom stereocenters. The van der Waals surface area contributed by atoms with Crippen molar-refractivity contribution in [1.82, 2.24) is 0 Å². The molecular weight excluding hydrogens is 253 g/mol. The highest BCUT2D eigenvalue weighted by Gasteiger charge is 2.32. The van der Waals surface area contributed by atoms with Gasteiger partial charge in [0.2, 0.25) is 0 Å². The van der Waals surface area contributed by atoms with Crippen molar-refractivity contribution in [2.24, 2.45) is 0 Å². The van der Waals surface area contributed by atoms with Crippen molar-refractivity contribution >= 4 is 7.32 Å². The number of hydrogen-bond donors (Lipinski definition) is 0. The number of nitrogens with zero attached hydrogens (tertiary/aromatic N) is 1. The predicted molar refractivity (Wildman–Crippen MR) is 85.3 cm³/mol. The molecule has 0 heterocycles. The van der Waals surface area contributed by atoms with Crippen LogP contribution in [0.25, 0.3) is 0 Å². The van der Waals surface area contributed by atoms with Gasteiger partial charge in [-0.1, -0.05) is 33.6 Å². The smallest absolute Gasteiger partial charge is 0.386 e. The van der Waals surface area contributed by atoms with E-state index < -0.39 is 7.32 Å². The van der Waals surface area contributed by atoms with Crippen LogP contribution in [-0.2, 0) is 14.0 Å². The summed E-state index contributed by atoms with van der Waals surface area (Å²) in [5.74, 6) is 0. The van der Waals surface area contributed by atoms with Gasteiger partial charge in [0.25, 0.3) is 0 Å². The molecule has 0 aromatic rings. The summed E-state index contributed by atoms with van der Waals surface area (Å²) < 4.78 is 18.3. The van der Waals surface area contributed by atoms with E-state index in [-0.39, 0.29) is 6.23 Å². The number of rotatable bonds is 13. The minimum atomic E-state index is -0.526. The van der Waals surface area contributed by atoms with E-state index >= 15 is 0 Å². The third kappa shape index (κ3) is 9.75. The summed E-state index contributed by atoms with van der Waals surface area (Å²) in [5.41, 5.74) is 0. The molecule has 0 aliphatic carbocycles. The molecule has 0 aromatic carbocycles. The van der Waals surface area contributed by atoms with Gasteiger partial charge in [0, 0.05) is 19.6 Å². The Kier molecular flexibility index (Phi) is 11.5. The summed E-state index contributed by atoms with van der Waals surface area (Å²) in [4.78, 5) is 0. The van der Waals surface area contributed by atoms with Gasteiger partial charge in [-0.05, 0) is 19.3 Å². The van der Waals surface area contributed by atoms with Crippen molar-refractivity contribution in [2.75, 3.05) is 34.4 Å². The zero-order valence-corrected chi connectivity index (χ0v) is 14.5. The zero-order chi connectivity index (χ0) is 15.4. The largest absolute Gasteiger partial charge is 0.643 e. The molecule has 0 bridgehead atoms.